The average Bonchev–Trinajstić information content (AvgIpc) is 3.31. The molecule has 0 radical (unpaired) electrons. The minimum atomic E-state index is -0.244. The SMILES string of the molecule is Fc1ccc(-c2cnc(SCc3ccn(-c4ccccc4)n3)[nH]2)cc1. The first kappa shape index (κ1) is 15.7. The molecule has 2 aromatic heterocycles. The highest BCUT2D eigenvalue weighted by molar-refractivity contribution is 7.98. The summed E-state index contributed by atoms with van der Waals surface area (Å²) in [6.45, 7) is 0. The molecule has 0 aliphatic heterocycles. The van der Waals surface area contributed by atoms with E-state index in [9.17, 15) is 4.39 Å². The molecule has 4 aromatic rings. The van der Waals surface area contributed by atoms with Gasteiger partial charge < -0.3 is 4.98 Å². The first-order valence-corrected chi connectivity index (χ1v) is 8.80. The summed E-state index contributed by atoms with van der Waals surface area (Å²) in [6, 6.07) is 18.4. The number of hydrogen-bond acceptors (Lipinski definition) is 3. The van der Waals surface area contributed by atoms with Gasteiger partial charge in [-0.3, -0.25) is 0 Å². The zero-order valence-corrected chi connectivity index (χ0v) is 14.1. The van der Waals surface area contributed by atoms with E-state index in [0.717, 1.165) is 33.5 Å². The molecule has 0 fully saturated rings. The number of nitrogens with one attached hydrogen (secondary N) is 1. The number of rotatable bonds is 5. The molecule has 0 aliphatic carbocycles. The van der Waals surface area contributed by atoms with Gasteiger partial charge in [0.1, 0.15) is 5.82 Å². The van der Waals surface area contributed by atoms with Crippen LogP contribution in [0.1, 0.15) is 5.69 Å². The minimum absolute atomic E-state index is 0.244. The Labute approximate surface area is 148 Å². The van der Waals surface area contributed by atoms with Crippen LogP contribution in [0.5, 0.6) is 0 Å². The number of para-hydroxylation sites is 1. The first-order valence-electron chi connectivity index (χ1n) is 7.82. The van der Waals surface area contributed by atoms with E-state index in [1.54, 1.807) is 30.1 Å². The van der Waals surface area contributed by atoms with Crippen molar-refractivity contribution in [3.63, 3.8) is 0 Å². The van der Waals surface area contributed by atoms with Crippen LogP contribution in [0.25, 0.3) is 16.9 Å². The monoisotopic (exact) mass is 350 g/mol. The van der Waals surface area contributed by atoms with E-state index in [-0.39, 0.29) is 5.82 Å². The number of thioether (sulfide) groups is 1. The van der Waals surface area contributed by atoms with E-state index in [1.165, 1.54) is 12.1 Å². The van der Waals surface area contributed by atoms with E-state index < -0.39 is 0 Å². The molecule has 0 aliphatic rings. The second-order valence-electron chi connectivity index (χ2n) is 5.48. The molecule has 0 saturated carbocycles. The fourth-order valence-corrected chi connectivity index (χ4v) is 3.21. The Balaban J connectivity index is 1.42. The Morgan fingerprint density at radius 3 is 2.60 bits per heavy atom. The van der Waals surface area contributed by atoms with Crippen molar-refractivity contribution < 1.29 is 4.39 Å². The van der Waals surface area contributed by atoms with Gasteiger partial charge in [0.15, 0.2) is 5.16 Å². The molecule has 4 nitrogen and oxygen atoms in total. The van der Waals surface area contributed by atoms with Crippen molar-refractivity contribution in [3.8, 4) is 16.9 Å². The zero-order valence-electron chi connectivity index (χ0n) is 13.3. The van der Waals surface area contributed by atoms with Gasteiger partial charge in [0, 0.05) is 11.9 Å². The molecule has 2 heterocycles. The minimum Gasteiger partial charge on any atom is -0.333 e. The smallest absolute Gasteiger partial charge is 0.166 e. The van der Waals surface area contributed by atoms with Gasteiger partial charge in [0.05, 0.1) is 23.3 Å². The van der Waals surface area contributed by atoms with Crippen LogP contribution in [-0.4, -0.2) is 19.7 Å². The molecule has 0 spiro atoms. The fraction of sp³-hybridized carbons (Fsp3) is 0.0526. The second kappa shape index (κ2) is 6.94. The number of imidazole rings is 1. The van der Waals surface area contributed by atoms with Crippen molar-refractivity contribution in [2.45, 2.75) is 10.9 Å². The number of aromatic nitrogens is 4. The van der Waals surface area contributed by atoms with Crippen LogP contribution in [0.4, 0.5) is 4.39 Å². The van der Waals surface area contributed by atoms with Crippen molar-refractivity contribution in [1.82, 2.24) is 19.7 Å². The van der Waals surface area contributed by atoms with E-state index >= 15 is 0 Å². The van der Waals surface area contributed by atoms with Gasteiger partial charge in [0.25, 0.3) is 0 Å². The van der Waals surface area contributed by atoms with Crippen LogP contribution >= 0.6 is 11.8 Å². The molecule has 0 bridgehead atoms. The summed E-state index contributed by atoms with van der Waals surface area (Å²) in [6.07, 6.45) is 3.72. The maximum atomic E-state index is 13.0. The van der Waals surface area contributed by atoms with Crippen LogP contribution in [0.3, 0.4) is 0 Å². The summed E-state index contributed by atoms with van der Waals surface area (Å²) in [5.74, 6) is 0.475. The zero-order chi connectivity index (χ0) is 17.1. The van der Waals surface area contributed by atoms with Crippen LogP contribution in [-0.2, 0) is 5.75 Å². The second-order valence-corrected chi connectivity index (χ2v) is 6.45. The average molecular weight is 350 g/mol. The molecule has 4 rings (SSSR count). The van der Waals surface area contributed by atoms with E-state index in [0.29, 0.717) is 0 Å². The molecule has 0 amide bonds. The molecule has 0 unspecified atom stereocenters. The fourth-order valence-electron chi connectivity index (χ4n) is 2.46. The van der Waals surface area contributed by atoms with Gasteiger partial charge in [-0.25, -0.2) is 14.1 Å². The lowest BCUT2D eigenvalue weighted by atomic mass is 10.2. The van der Waals surface area contributed by atoms with Crippen LogP contribution in [0.2, 0.25) is 0 Å². The standard InChI is InChI=1S/C19H15FN4S/c20-15-8-6-14(7-9-15)18-12-21-19(22-18)25-13-16-10-11-24(23-16)17-4-2-1-3-5-17/h1-12H,13H2,(H,21,22). The Bertz CT molecular complexity index is 961. The molecular formula is C19H15FN4S. The molecule has 0 saturated heterocycles. The lowest BCUT2D eigenvalue weighted by Gasteiger charge is -2.00. The lowest BCUT2D eigenvalue weighted by molar-refractivity contribution is 0.628. The molecule has 124 valence electrons. The molecule has 1 N–H and O–H groups in total. The number of hydrogen-bond donors (Lipinski definition) is 1. The molecular weight excluding hydrogens is 335 g/mol. The van der Waals surface area contributed by atoms with Crippen molar-refractivity contribution in [3.05, 3.63) is 84.6 Å². The number of benzene rings is 2. The topological polar surface area (TPSA) is 46.5 Å². The number of aromatic amines is 1. The van der Waals surface area contributed by atoms with E-state index in [2.05, 4.69) is 15.1 Å². The van der Waals surface area contributed by atoms with Gasteiger partial charge in [-0.1, -0.05) is 30.0 Å². The summed E-state index contributed by atoms with van der Waals surface area (Å²) in [7, 11) is 0. The van der Waals surface area contributed by atoms with Crippen molar-refractivity contribution in [2.24, 2.45) is 0 Å². The third-order valence-corrected chi connectivity index (χ3v) is 4.65. The van der Waals surface area contributed by atoms with Crippen LogP contribution < -0.4 is 0 Å². The van der Waals surface area contributed by atoms with Gasteiger partial charge in [-0.15, -0.1) is 0 Å². The largest absolute Gasteiger partial charge is 0.333 e. The number of halogens is 1. The maximum Gasteiger partial charge on any atom is 0.166 e. The summed E-state index contributed by atoms with van der Waals surface area (Å²) < 4.78 is 14.9. The van der Waals surface area contributed by atoms with Gasteiger partial charge in [-0.2, -0.15) is 5.10 Å². The molecule has 2 aromatic carbocycles. The number of nitrogens with zero attached hydrogens (tertiary/aromatic N) is 3. The normalized spacial score (nSPS) is 10.9. The summed E-state index contributed by atoms with van der Waals surface area (Å²) in [5.41, 5.74) is 3.80. The predicted molar refractivity (Wildman–Crippen MR) is 97.1 cm³/mol. The molecule has 0 atom stereocenters. The first-order chi connectivity index (χ1) is 12.3. The third kappa shape index (κ3) is 3.64. The van der Waals surface area contributed by atoms with E-state index in [1.807, 2.05) is 47.3 Å². The Hall–Kier alpha value is -2.86. The Kier molecular flexibility index (Phi) is 4.35. The van der Waals surface area contributed by atoms with Crippen molar-refractivity contribution >= 4 is 11.8 Å². The van der Waals surface area contributed by atoms with Crippen molar-refractivity contribution in [2.75, 3.05) is 0 Å². The maximum absolute atomic E-state index is 13.0. The van der Waals surface area contributed by atoms with E-state index in [4.69, 9.17) is 0 Å². The number of H-pyrrole nitrogens is 1. The third-order valence-electron chi connectivity index (χ3n) is 3.73. The highest BCUT2D eigenvalue weighted by Gasteiger charge is 2.06. The summed E-state index contributed by atoms with van der Waals surface area (Å²) >= 11 is 1.58. The predicted octanol–water partition coefficient (Wildman–Crippen LogP) is 4.69. The highest BCUT2D eigenvalue weighted by Crippen LogP contribution is 2.24. The summed E-state index contributed by atoms with van der Waals surface area (Å²) in [4.78, 5) is 7.63. The Morgan fingerprint density at radius 2 is 1.80 bits per heavy atom. The molecule has 6 heteroatoms. The van der Waals surface area contributed by atoms with Crippen molar-refractivity contribution in [1.29, 1.82) is 0 Å². The molecule has 25 heavy (non-hydrogen) atoms. The van der Waals surface area contributed by atoms with Gasteiger partial charge >= 0.3 is 0 Å². The lowest BCUT2D eigenvalue weighted by Crippen LogP contribution is -1.95. The van der Waals surface area contributed by atoms with Crippen LogP contribution in [0.15, 0.2) is 78.2 Å². The quantitative estimate of drug-likeness (QED) is 0.531. The summed E-state index contributed by atoms with van der Waals surface area (Å²) in [5, 5.41) is 5.40. The highest BCUT2D eigenvalue weighted by atomic mass is 32.2. The van der Waals surface area contributed by atoms with Gasteiger partial charge in [0.2, 0.25) is 0 Å². The Morgan fingerprint density at radius 1 is 1.00 bits per heavy atom. The van der Waals surface area contributed by atoms with Crippen LogP contribution in [0, 0.1) is 5.82 Å². The van der Waals surface area contributed by atoms with Gasteiger partial charge in [-0.05, 0) is 48.0 Å².